The van der Waals surface area contributed by atoms with Crippen LogP contribution < -0.4 is 15.5 Å². The van der Waals surface area contributed by atoms with Crippen molar-refractivity contribution in [2.45, 2.75) is 52.6 Å². The molecule has 0 bridgehead atoms. The highest BCUT2D eigenvalue weighted by Crippen LogP contribution is 2.35. The number of morpholine rings is 1. The summed E-state index contributed by atoms with van der Waals surface area (Å²) in [7, 11) is 0. The summed E-state index contributed by atoms with van der Waals surface area (Å²) in [6.07, 6.45) is 2.86. The van der Waals surface area contributed by atoms with Gasteiger partial charge < -0.3 is 19.4 Å². The Labute approximate surface area is 240 Å². The van der Waals surface area contributed by atoms with Crippen LogP contribution in [0.15, 0.2) is 41.7 Å². The number of pyridine rings is 1. The van der Waals surface area contributed by atoms with E-state index in [0.29, 0.717) is 67.1 Å². The molecule has 10 heteroatoms. The highest BCUT2D eigenvalue weighted by Gasteiger charge is 2.31. The highest BCUT2D eigenvalue weighted by atomic mass is 35.5. The van der Waals surface area contributed by atoms with Crippen LogP contribution in [0.1, 0.15) is 38.8 Å². The van der Waals surface area contributed by atoms with Gasteiger partial charge >= 0.3 is 5.69 Å². The van der Waals surface area contributed by atoms with Crippen LogP contribution in [0.2, 0.25) is 5.02 Å². The third-order valence-electron chi connectivity index (χ3n) is 8.00. The molecule has 2 aromatic heterocycles. The van der Waals surface area contributed by atoms with Crippen LogP contribution in [0.5, 0.6) is 0 Å². The minimum Gasteiger partial charge on any atom is -0.377 e. The molecule has 40 heavy (non-hydrogen) atoms. The molecule has 4 heterocycles. The van der Waals surface area contributed by atoms with Gasteiger partial charge in [0.25, 0.3) is 0 Å². The van der Waals surface area contributed by atoms with Gasteiger partial charge in [0, 0.05) is 32.2 Å². The Kier molecular flexibility index (Phi) is 8.14. The maximum absolute atomic E-state index is 14.0. The second-order valence-corrected chi connectivity index (χ2v) is 10.9. The van der Waals surface area contributed by atoms with Crippen LogP contribution in [0.3, 0.4) is 0 Å². The molecule has 1 amide bonds. The number of amides is 1. The van der Waals surface area contributed by atoms with Gasteiger partial charge in [0.05, 0.1) is 35.4 Å². The molecule has 0 spiro atoms. The van der Waals surface area contributed by atoms with Crippen LogP contribution in [0, 0.1) is 0 Å². The van der Waals surface area contributed by atoms with Crippen LogP contribution in [0.25, 0.3) is 16.7 Å². The molecule has 0 saturated carbocycles. The van der Waals surface area contributed by atoms with Crippen molar-refractivity contribution < 1.29 is 9.53 Å². The molecule has 3 aromatic rings. The summed E-state index contributed by atoms with van der Waals surface area (Å²) in [6.45, 7) is 15.3. The monoisotopic (exact) mass is 564 g/mol. The fourth-order valence-corrected chi connectivity index (χ4v) is 6.12. The number of fused-ring (bicyclic) bond motifs is 1. The first kappa shape index (κ1) is 28.1. The number of halogens is 1. The molecule has 1 aromatic carbocycles. The topological polar surface area (TPSA) is 83.8 Å². The number of hydrogen-bond acceptors (Lipinski definition) is 7. The summed E-state index contributed by atoms with van der Waals surface area (Å²) < 4.78 is 7.33. The standard InChI is InChI=1S/C30H37ClN6O3/c1-6-21-10-9-11-22(7-2)26(21)37-28-23(16-24(31)29(32-28)36-14-15-40-18-20(36)5)27(33-30(37)39)35-13-12-34(17-19(35)4)25(38)8-3/h8-11,16,19-20H,3,6-7,12-15,17-18H2,1-2,4-5H3/t19-,20?/m0/s1. The number of ether oxygens (including phenoxy) is 1. The van der Waals surface area contributed by atoms with Gasteiger partial charge in [-0.1, -0.05) is 50.2 Å². The third kappa shape index (κ3) is 4.97. The Balaban J connectivity index is 1.76. The maximum Gasteiger partial charge on any atom is 0.355 e. The number of aryl methyl sites for hydroxylation is 2. The summed E-state index contributed by atoms with van der Waals surface area (Å²) in [5.74, 6) is 1.08. The van der Waals surface area contributed by atoms with E-state index in [9.17, 15) is 9.59 Å². The Hall–Kier alpha value is -3.43. The van der Waals surface area contributed by atoms with Gasteiger partial charge in [-0.25, -0.2) is 14.3 Å². The summed E-state index contributed by atoms with van der Waals surface area (Å²) in [5, 5.41) is 1.21. The minimum absolute atomic E-state index is 0.0737. The van der Waals surface area contributed by atoms with Gasteiger partial charge in [0.1, 0.15) is 11.6 Å². The number of carbonyl (C=O) groups excluding carboxylic acids is 1. The van der Waals surface area contributed by atoms with E-state index in [2.05, 4.69) is 54.3 Å². The van der Waals surface area contributed by atoms with E-state index in [0.717, 1.165) is 29.7 Å². The number of benzene rings is 1. The van der Waals surface area contributed by atoms with Crippen molar-refractivity contribution in [1.29, 1.82) is 0 Å². The van der Waals surface area contributed by atoms with Gasteiger partial charge in [-0.05, 0) is 50.0 Å². The lowest BCUT2D eigenvalue weighted by Crippen LogP contribution is -2.54. The number of aromatic nitrogens is 3. The lowest BCUT2D eigenvalue weighted by molar-refractivity contribution is -0.126. The SMILES string of the molecule is C=CC(=O)N1CCN(c2nc(=O)n(-c3c(CC)cccc3CC)c3nc(N4CCOCC4C)c(Cl)cc23)[C@@H](C)C1. The van der Waals surface area contributed by atoms with Crippen molar-refractivity contribution in [3.05, 3.63) is 63.6 Å². The number of piperazine rings is 1. The molecule has 0 N–H and O–H groups in total. The molecule has 2 fully saturated rings. The average Bonchev–Trinajstić information content (AvgIpc) is 2.96. The number of hydrogen-bond donors (Lipinski definition) is 0. The van der Waals surface area contributed by atoms with Crippen molar-refractivity contribution in [3.8, 4) is 5.69 Å². The molecule has 2 atom stereocenters. The number of carbonyl (C=O) groups is 1. The fraction of sp³-hybridized carbons (Fsp3) is 0.467. The first-order valence-corrected chi connectivity index (χ1v) is 14.4. The molecule has 5 rings (SSSR count). The second-order valence-electron chi connectivity index (χ2n) is 10.5. The van der Waals surface area contributed by atoms with Crippen LogP contribution in [0.4, 0.5) is 11.6 Å². The zero-order chi connectivity index (χ0) is 28.6. The molecule has 1 unspecified atom stereocenters. The molecular formula is C30H37ClN6O3. The predicted molar refractivity (Wildman–Crippen MR) is 160 cm³/mol. The largest absolute Gasteiger partial charge is 0.377 e. The summed E-state index contributed by atoms with van der Waals surface area (Å²) in [6, 6.07) is 8.05. The van der Waals surface area contributed by atoms with Gasteiger partial charge in [0.15, 0.2) is 5.65 Å². The quantitative estimate of drug-likeness (QED) is 0.418. The Morgan fingerprint density at radius 3 is 2.40 bits per heavy atom. The van der Waals surface area contributed by atoms with E-state index in [1.165, 1.54) is 6.08 Å². The number of nitrogens with zero attached hydrogens (tertiary/aromatic N) is 6. The van der Waals surface area contributed by atoms with Crippen LogP contribution in [-0.4, -0.2) is 76.8 Å². The maximum atomic E-state index is 14.0. The van der Waals surface area contributed by atoms with Crippen molar-refractivity contribution in [3.63, 3.8) is 0 Å². The van der Waals surface area contributed by atoms with E-state index in [4.69, 9.17) is 21.3 Å². The average molecular weight is 565 g/mol. The van der Waals surface area contributed by atoms with Crippen molar-refractivity contribution in [1.82, 2.24) is 19.4 Å². The summed E-state index contributed by atoms with van der Waals surface area (Å²) >= 11 is 6.95. The zero-order valence-corrected chi connectivity index (χ0v) is 24.4. The van der Waals surface area contributed by atoms with E-state index in [-0.39, 0.29) is 23.7 Å². The van der Waals surface area contributed by atoms with Crippen molar-refractivity contribution in [2.24, 2.45) is 0 Å². The van der Waals surface area contributed by atoms with Gasteiger partial charge in [-0.3, -0.25) is 4.79 Å². The van der Waals surface area contributed by atoms with E-state index < -0.39 is 0 Å². The number of para-hydroxylation sites is 1. The predicted octanol–water partition coefficient (Wildman–Crippen LogP) is 4.01. The molecular weight excluding hydrogens is 528 g/mol. The molecule has 212 valence electrons. The van der Waals surface area contributed by atoms with Crippen molar-refractivity contribution >= 4 is 40.2 Å². The molecule has 2 aliphatic heterocycles. The lowest BCUT2D eigenvalue weighted by atomic mass is 10.0. The minimum atomic E-state index is -0.384. The third-order valence-corrected chi connectivity index (χ3v) is 8.28. The summed E-state index contributed by atoms with van der Waals surface area (Å²) in [5.41, 5.74) is 3.10. The molecule has 0 aliphatic carbocycles. The fourth-order valence-electron chi connectivity index (χ4n) is 5.86. The first-order chi connectivity index (χ1) is 19.3. The van der Waals surface area contributed by atoms with E-state index in [1.54, 1.807) is 9.47 Å². The molecule has 2 aliphatic rings. The summed E-state index contributed by atoms with van der Waals surface area (Å²) in [4.78, 5) is 42.1. The normalized spacial score (nSPS) is 19.8. The van der Waals surface area contributed by atoms with Crippen molar-refractivity contribution in [2.75, 3.05) is 49.2 Å². The van der Waals surface area contributed by atoms with Gasteiger partial charge in [-0.15, -0.1) is 0 Å². The number of rotatable bonds is 6. The Morgan fingerprint density at radius 2 is 1.77 bits per heavy atom. The Bertz CT molecular complexity index is 1480. The molecule has 9 nitrogen and oxygen atoms in total. The van der Waals surface area contributed by atoms with E-state index >= 15 is 0 Å². The van der Waals surface area contributed by atoms with Crippen LogP contribution in [-0.2, 0) is 22.4 Å². The lowest BCUT2D eigenvalue weighted by Gasteiger charge is -2.40. The zero-order valence-electron chi connectivity index (χ0n) is 23.7. The highest BCUT2D eigenvalue weighted by molar-refractivity contribution is 6.33. The van der Waals surface area contributed by atoms with Gasteiger partial charge in [-0.2, -0.15) is 4.98 Å². The van der Waals surface area contributed by atoms with E-state index in [1.807, 2.05) is 19.1 Å². The molecule has 2 saturated heterocycles. The Morgan fingerprint density at radius 1 is 1.07 bits per heavy atom. The van der Waals surface area contributed by atoms with Crippen LogP contribution >= 0.6 is 11.6 Å². The smallest absolute Gasteiger partial charge is 0.355 e. The second kappa shape index (κ2) is 11.6. The van der Waals surface area contributed by atoms with Gasteiger partial charge in [0.2, 0.25) is 5.91 Å². The number of anilines is 2. The first-order valence-electron chi connectivity index (χ1n) is 14.1. The molecule has 0 radical (unpaired) electrons.